The van der Waals surface area contributed by atoms with Crippen molar-refractivity contribution >= 4 is 40.2 Å². The second-order valence-corrected chi connectivity index (χ2v) is 15.9. The number of ketones is 2. The van der Waals surface area contributed by atoms with Crippen molar-refractivity contribution in [3.05, 3.63) is 30.3 Å². The van der Waals surface area contributed by atoms with E-state index in [9.17, 15) is 14.4 Å². The predicted octanol–water partition coefficient (Wildman–Crippen LogP) is 7.50. The molecule has 1 heterocycles. The number of carbonyl (C=O) groups is 3. The molecule has 1 aliphatic heterocycles. The van der Waals surface area contributed by atoms with E-state index in [1.165, 1.54) is 23.5 Å². The number of Topliss-reactive ketones (excluding diaryl/α,β-unsaturated/α-hetero) is 2. The molecule has 1 aromatic rings. The fourth-order valence-electron chi connectivity index (χ4n) is 6.03. The molecule has 0 aromatic heterocycles. The van der Waals surface area contributed by atoms with E-state index < -0.39 is 16.8 Å². The zero-order chi connectivity index (χ0) is 28.4. The maximum atomic E-state index is 13.7. The van der Waals surface area contributed by atoms with Gasteiger partial charge >= 0.3 is 0 Å². The summed E-state index contributed by atoms with van der Waals surface area (Å²) in [5.74, 6) is -0.287. The van der Waals surface area contributed by atoms with Gasteiger partial charge in [-0.3, -0.25) is 14.4 Å². The second kappa shape index (κ2) is 12.2. The largest absolute Gasteiger partial charge is 0.344 e. The molecule has 0 amide bonds. The molecule has 1 saturated heterocycles. The number of thioether (sulfide) groups is 2. The number of hydrogen-bond donors (Lipinski definition) is 0. The van der Waals surface area contributed by atoms with Gasteiger partial charge in [-0.1, -0.05) is 57.7 Å². The average Bonchev–Trinajstić information content (AvgIpc) is 3.21. The van der Waals surface area contributed by atoms with Crippen LogP contribution in [0.1, 0.15) is 93.9 Å². The van der Waals surface area contributed by atoms with Gasteiger partial charge in [-0.25, -0.2) is 0 Å². The minimum absolute atomic E-state index is 0.0784. The van der Waals surface area contributed by atoms with Gasteiger partial charge in [-0.05, 0) is 71.4 Å². The Balaban J connectivity index is 1.73. The van der Waals surface area contributed by atoms with E-state index in [-0.39, 0.29) is 39.4 Å². The van der Waals surface area contributed by atoms with Crippen LogP contribution in [-0.4, -0.2) is 44.7 Å². The smallest absolute Gasteiger partial charge is 0.192 e. The number of carbonyl (C=O) groups excluding carboxylic acids is 3. The summed E-state index contributed by atoms with van der Waals surface area (Å²) in [5, 5.41) is 0.144. The molecule has 0 unspecified atom stereocenters. The standard InChI is InChI=1S/C31H46O5S2/c1-28(2,3)38-27(34)23(14-17-26-29(4,5)36-30(6,7)35-26)24-15-16-25(33)31(24,8)19-18-21(32)20-37-22-12-10-9-11-13-22/h9-13,23-24,26H,14-20H2,1-8H3/t23-,24-,26-,31-/m0/s1. The van der Waals surface area contributed by atoms with Crippen molar-refractivity contribution in [3.8, 4) is 0 Å². The molecule has 38 heavy (non-hydrogen) atoms. The zero-order valence-corrected chi connectivity index (χ0v) is 26.1. The van der Waals surface area contributed by atoms with E-state index in [0.717, 1.165) is 4.90 Å². The van der Waals surface area contributed by atoms with Gasteiger partial charge < -0.3 is 9.47 Å². The summed E-state index contributed by atoms with van der Waals surface area (Å²) in [6, 6.07) is 9.89. The monoisotopic (exact) mass is 562 g/mol. The lowest BCUT2D eigenvalue weighted by atomic mass is 9.68. The Hall–Kier alpha value is -1.15. The Morgan fingerprint density at radius 3 is 2.32 bits per heavy atom. The quantitative estimate of drug-likeness (QED) is 0.259. The highest BCUT2D eigenvalue weighted by Gasteiger charge is 2.52. The van der Waals surface area contributed by atoms with Crippen molar-refractivity contribution in [2.45, 2.75) is 121 Å². The third-order valence-electron chi connectivity index (χ3n) is 7.85. The number of ether oxygens (including phenoxy) is 2. The normalized spacial score (nSPS) is 27.4. The summed E-state index contributed by atoms with van der Waals surface area (Å²) in [6.07, 6.45) is 3.21. The SMILES string of the molecule is CC1(C)O[C@@H](CC[C@H](C(=O)SC(C)(C)C)[C@@H]2CCC(=O)[C@@]2(C)CCC(=O)CSc2ccccc2)C(C)(C)O1. The van der Waals surface area contributed by atoms with Crippen LogP contribution in [0.3, 0.4) is 0 Å². The molecule has 3 rings (SSSR count). The van der Waals surface area contributed by atoms with Crippen molar-refractivity contribution in [1.82, 2.24) is 0 Å². The van der Waals surface area contributed by atoms with E-state index in [2.05, 4.69) is 0 Å². The third kappa shape index (κ3) is 8.18. The van der Waals surface area contributed by atoms with Crippen molar-refractivity contribution < 1.29 is 23.9 Å². The van der Waals surface area contributed by atoms with Crippen molar-refractivity contribution in [3.63, 3.8) is 0 Å². The molecule has 0 spiro atoms. The molecule has 5 nitrogen and oxygen atoms in total. The van der Waals surface area contributed by atoms with Gasteiger partial charge in [0.25, 0.3) is 0 Å². The van der Waals surface area contributed by atoms with Crippen LogP contribution in [0, 0.1) is 17.3 Å². The first-order valence-electron chi connectivity index (χ1n) is 13.9. The van der Waals surface area contributed by atoms with Gasteiger partial charge in [-0.15, -0.1) is 11.8 Å². The Bertz CT molecular complexity index is 997. The average molecular weight is 563 g/mol. The first-order valence-corrected chi connectivity index (χ1v) is 15.7. The predicted molar refractivity (Wildman–Crippen MR) is 156 cm³/mol. The third-order valence-corrected chi connectivity index (χ3v) is 10.0. The fraction of sp³-hybridized carbons (Fsp3) is 0.710. The van der Waals surface area contributed by atoms with E-state index in [0.29, 0.717) is 44.3 Å². The van der Waals surface area contributed by atoms with Crippen LogP contribution in [0.5, 0.6) is 0 Å². The van der Waals surface area contributed by atoms with Crippen LogP contribution >= 0.6 is 23.5 Å². The van der Waals surface area contributed by atoms with Crippen LogP contribution in [0.2, 0.25) is 0 Å². The summed E-state index contributed by atoms with van der Waals surface area (Å²) < 4.78 is 12.1. The molecule has 4 atom stereocenters. The highest BCUT2D eigenvalue weighted by atomic mass is 32.2. The van der Waals surface area contributed by atoms with Crippen molar-refractivity contribution in [2.75, 3.05) is 5.75 Å². The van der Waals surface area contributed by atoms with Crippen LogP contribution in [0.15, 0.2) is 35.2 Å². The molecule has 1 aliphatic carbocycles. The summed E-state index contributed by atoms with van der Waals surface area (Å²) in [5.41, 5.74) is -1.13. The first kappa shape index (κ1) is 31.4. The molecule has 2 aliphatic rings. The van der Waals surface area contributed by atoms with E-state index in [1.54, 1.807) is 0 Å². The van der Waals surface area contributed by atoms with Gasteiger partial charge in [0.2, 0.25) is 0 Å². The van der Waals surface area contributed by atoms with Crippen LogP contribution in [0.25, 0.3) is 0 Å². The summed E-state index contributed by atoms with van der Waals surface area (Å²) in [4.78, 5) is 40.9. The lowest BCUT2D eigenvalue weighted by molar-refractivity contribution is -0.157. The van der Waals surface area contributed by atoms with Gasteiger partial charge in [0.1, 0.15) is 11.6 Å². The molecule has 0 radical (unpaired) electrons. The number of hydrogen-bond acceptors (Lipinski definition) is 7. The molecular weight excluding hydrogens is 516 g/mol. The highest BCUT2D eigenvalue weighted by molar-refractivity contribution is 8.14. The van der Waals surface area contributed by atoms with Gasteiger partial charge in [0.05, 0.1) is 17.5 Å². The lowest BCUT2D eigenvalue weighted by Gasteiger charge is -2.36. The van der Waals surface area contributed by atoms with Crippen LogP contribution < -0.4 is 0 Å². The first-order chi connectivity index (χ1) is 17.5. The molecule has 0 N–H and O–H groups in total. The lowest BCUT2D eigenvalue weighted by Crippen LogP contribution is -2.39. The van der Waals surface area contributed by atoms with Crippen molar-refractivity contribution in [1.29, 1.82) is 0 Å². The highest BCUT2D eigenvalue weighted by Crippen LogP contribution is 2.51. The van der Waals surface area contributed by atoms with Gasteiger partial charge in [-0.2, -0.15) is 0 Å². The summed E-state index contributed by atoms with van der Waals surface area (Å²) in [7, 11) is 0. The minimum atomic E-state index is -0.673. The van der Waals surface area contributed by atoms with Crippen LogP contribution in [0.4, 0.5) is 0 Å². The molecule has 0 bridgehead atoms. The van der Waals surface area contributed by atoms with E-state index >= 15 is 0 Å². The molecule has 7 heteroatoms. The molecular formula is C31H46O5S2. The Morgan fingerprint density at radius 1 is 1.08 bits per heavy atom. The van der Waals surface area contributed by atoms with E-state index in [4.69, 9.17) is 9.47 Å². The second-order valence-electron chi connectivity index (χ2n) is 13.1. The summed E-state index contributed by atoms with van der Waals surface area (Å²) in [6.45, 7) is 16.1. The van der Waals surface area contributed by atoms with Gasteiger partial charge in [0, 0.05) is 33.8 Å². The number of rotatable bonds is 11. The molecule has 1 aromatic carbocycles. The fourth-order valence-corrected chi connectivity index (χ4v) is 7.88. The Labute approximate surface area is 238 Å². The molecule has 2 fully saturated rings. The maximum Gasteiger partial charge on any atom is 0.192 e. The topological polar surface area (TPSA) is 69.7 Å². The zero-order valence-electron chi connectivity index (χ0n) is 24.4. The van der Waals surface area contributed by atoms with E-state index in [1.807, 2.05) is 85.7 Å². The summed E-state index contributed by atoms with van der Waals surface area (Å²) >= 11 is 2.91. The molecule has 212 valence electrons. The van der Waals surface area contributed by atoms with Gasteiger partial charge in [0.15, 0.2) is 10.9 Å². The maximum absolute atomic E-state index is 13.7. The Morgan fingerprint density at radius 2 is 1.74 bits per heavy atom. The van der Waals surface area contributed by atoms with Crippen LogP contribution in [-0.2, 0) is 23.9 Å². The Kier molecular flexibility index (Phi) is 10.0. The minimum Gasteiger partial charge on any atom is -0.344 e. The molecule has 1 saturated carbocycles. The number of benzene rings is 1. The van der Waals surface area contributed by atoms with Crippen molar-refractivity contribution in [2.24, 2.45) is 17.3 Å².